The quantitative estimate of drug-likeness (QED) is 0.333. The zero-order valence-corrected chi connectivity index (χ0v) is 21.0. The summed E-state index contributed by atoms with van der Waals surface area (Å²) in [6, 6.07) is 24.4. The van der Waals surface area contributed by atoms with Crippen molar-refractivity contribution in [3.05, 3.63) is 114 Å². The molecule has 7 heteroatoms. The third-order valence-corrected chi connectivity index (χ3v) is 6.81. The Balaban J connectivity index is 1.45. The molecule has 3 aromatic carbocycles. The molecule has 3 aromatic rings. The Kier molecular flexibility index (Phi) is 6.68. The van der Waals surface area contributed by atoms with Crippen LogP contribution in [0.4, 0.5) is 26.7 Å². The van der Waals surface area contributed by atoms with Crippen LogP contribution in [0.2, 0.25) is 0 Å². The minimum atomic E-state index is -1.06. The molecule has 1 atom stereocenters. The van der Waals surface area contributed by atoms with Crippen molar-refractivity contribution in [2.75, 3.05) is 22.1 Å². The smallest absolute Gasteiger partial charge is 0.321 e. The van der Waals surface area contributed by atoms with Crippen LogP contribution in [-0.4, -0.2) is 24.3 Å². The highest BCUT2D eigenvalue weighted by Crippen LogP contribution is 2.42. The van der Waals surface area contributed by atoms with Crippen molar-refractivity contribution in [3.8, 4) is 0 Å². The van der Waals surface area contributed by atoms with E-state index in [-0.39, 0.29) is 18.0 Å². The number of carbonyl (C=O) groups is 2. The number of hydrogen-bond acceptors (Lipinski definition) is 3. The van der Waals surface area contributed by atoms with Crippen LogP contribution in [0.25, 0.3) is 0 Å². The first kappa shape index (κ1) is 24.2. The van der Waals surface area contributed by atoms with Gasteiger partial charge in [-0.2, -0.15) is 0 Å². The highest BCUT2D eigenvalue weighted by molar-refractivity contribution is 5.93. The van der Waals surface area contributed by atoms with E-state index in [9.17, 15) is 9.59 Å². The van der Waals surface area contributed by atoms with Gasteiger partial charge in [-0.25, -0.2) is 9.59 Å². The molecule has 0 radical (unpaired) electrons. The first-order valence-corrected chi connectivity index (χ1v) is 12.4. The fourth-order valence-electron chi connectivity index (χ4n) is 4.94. The number of amides is 4. The third kappa shape index (κ3) is 5.35. The van der Waals surface area contributed by atoms with Gasteiger partial charge in [0.05, 0.1) is 6.54 Å². The average Bonchev–Trinajstić information content (AvgIpc) is 3.21. The summed E-state index contributed by atoms with van der Waals surface area (Å²) in [5, 5.41) is 12.1. The predicted molar refractivity (Wildman–Crippen MR) is 149 cm³/mol. The molecule has 7 nitrogen and oxygen atoms in total. The van der Waals surface area contributed by atoms with Gasteiger partial charge < -0.3 is 26.2 Å². The van der Waals surface area contributed by atoms with Crippen LogP contribution in [0.1, 0.15) is 17.5 Å². The van der Waals surface area contributed by atoms with Gasteiger partial charge in [-0.1, -0.05) is 65.7 Å². The maximum absolute atomic E-state index is 13.3. The number of nitrogens with one attached hydrogen (secondary N) is 4. The average molecular weight is 494 g/mol. The Morgan fingerprint density at radius 2 is 1.32 bits per heavy atom. The van der Waals surface area contributed by atoms with Gasteiger partial charge in [0.15, 0.2) is 0 Å². The number of anilines is 3. The Bertz CT molecular complexity index is 1270. The zero-order chi connectivity index (χ0) is 25.8. The second-order valence-electron chi connectivity index (χ2n) is 9.59. The van der Waals surface area contributed by atoms with E-state index < -0.39 is 5.66 Å². The van der Waals surface area contributed by atoms with Crippen LogP contribution in [0, 0.1) is 19.8 Å². The van der Waals surface area contributed by atoms with E-state index in [2.05, 4.69) is 38.3 Å². The van der Waals surface area contributed by atoms with Crippen LogP contribution in [-0.2, 0) is 0 Å². The Labute approximate surface area is 217 Å². The largest absolute Gasteiger partial charge is 0.340 e. The molecule has 37 heavy (non-hydrogen) atoms. The van der Waals surface area contributed by atoms with Crippen molar-refractivity contribution in [1.29, 1.82) is 0 Å². The van der Waals surface area contributed by atoms with Crippen molar-refractivity contribution in [1.82, 2.24) is 10.6 Å². The first-order chi connectivity index (χ1) is 17.9. The fourth-order valence-corrected chi connectivity index (χ4v) is 4.94. The molecule has 1 unspecified atom stereocenters. The molecule has 188 valence electrons. The van der Waals surface area contributed by atoms with Gasteiger partial charge in [0.1, 0.15) is 5.66 Å². The lowest BCUT2D eigenvalue weighted by atomic mass is 9.87. The number of urea groups is 2. The van der Waals surface area contributed by atoms with Crippen LogP contribution in [0.3, 0.4) is 0 Å². The zero-order valence-electron chi connectivity index (χ0n) is 21.0. The molecule has 1 fully saturated rings. The second kappa shape index (κ2) is 10.2. The van der Waals surface area contributed by atoms with E-state index in [1.165, 1.54) is 0 Å². The highest BCUT2D eigenvalue weighted by Gasteiger charge is 2.52. The number of benzene rings is 3. The van der Waals surface area contributed by atoms with Gasteiger partial charge in [0.2, 0.25) is 0 Å². The number of rotatable bonds is 5. The lowest BCUT2D eigenvalue weighted by Gasteiger charge is -2.36. The van der Waals surface area contributed by atoms with Crippen molar-refractivity contribution < 1.29 is 9.59 Å². The number of hydrogen-bond donors (Lipinski definition) is 4. The molecule has 5 rings (SSSR count). The lowest BCUT2D eigenvalue weighted by molar-refractivity contribution is 0.200. The van der Waals surface area contributed by atoms with Gasteiger partial charge in [-0.3, -0.25) is 0 Å². The van der Waals surface area contributed by atoms with E-state index >= 15 is 0 Å². The fraction of sp³-hybridized carbons (Fsp3) is 0.200. The maximum Gasteiger partial charge on any atom is 0.321 e. The second-order valence-corrected chi connectivity index (χ2v) is 9.59. The standard InChI is InChI=1S/C30H31N5O2/c1-21-12-16-23(17-13-21)31-28(36)33-30(34-29(37)32-24-18-14-22(2)15-19-24)20-35(25-8-4-3-5-9-25)27-11-7-6-10-26(27)30/h3-9,11-19,26H,10,20H2,1-2H3,(H2,31,33,36)(H2,32,34,37). The summed E-state index contributed by atoms with van der Waals surface area (Å²) in [4.78, 5) is 28.8. The molecule has 1 saturated heterocycles. The molecule has 4 amide bonds. The summed E-state index contributed by atoms with van der Waals surface area (Å²) in [6.07, 6.45) is 6.82. The van der Waals surface area contributed by atoms with Gasteiger partial charge >= 0.3 is 12.1 Å². The summed E-state index contributed by atoms with van der Waals surface area (Å²) in [6.45, 7) is 4.37. The highest BCUT2D eigenvalue weighted by atomic mass is 16.2. The summed E-state index contributed by atoms with van der Waals surface area (Å²) in [5.41, 5.74) is 4.55. The number of carbonyl (C=O) groups excluding carboxylic acids is 2. The van der Waals surface area contributed by atoms with Gasteiger partial charge in [0, 0.05) is 28.7 Å². The molecule has 2 aliphatic rings. The van der Waals surface area contributed by atoms with Gasteiger partial charge in [0.25, 0.3) is 0 Å². The minimum absolute atomic E-state index is 0.162. The van der Waals surface area contributed by atoms with E-state index in [0.717, 1.165) is 22.5 Å². The molecular formula is C30H31N5O2. The molecule has 0 saturated carbocycles. The Morgan fingerprint density at radius 3 is 1.86 bits per heavy atom. The van der Waals surface area contributed by atoms with E-state index in [4.69, 9.17) is 0 Å². The van der Waals surface area contributed by atoms with Crippen molar-refractivity contribution in [3.63, 3.8) is 0 Å². The molecule has 4 N–H and O–H groups in total. The van der Waals surface area contributed by atoms with Crippen molar-refractivity contribution >= 4 is 29.1 Å². The normalized spacial score (nSPS) is 17.4. The maximum atomic E-state index is 13.3. The van der Waals surface area contributed by atoms with Gasteiger partial charge in [-0.15, -0.1) is 0 Å². The van der Waals surface area contributed by atoms with Crippen LogP contribution < -0.4 is 26.2 Å². The third-order valence-electron chi connectivity index (χ3n) is 6.81. The van der Waals surface area contributed by atoms with Crippen LogP contribution >= 0.6 is 0 Å². The molecule has 0 bridgehead atoms. The first-order valence-electron chi connectivity index (χ1n) is 12.4. The monoisotopic (exact) mass is 493 g/mol. The Morgan fingerprint density at radius 1 is 0.784 bits per heavy atom. The molecular weight excluding hydrogens is 462 g/mol. The van der Waals surface area contributed by atoms with Crippen molar-refractivity contribution in [2.24, 2.45) is 5.92 Å². The number of nitrogens with zero attached hydrogens (tertiary/aromatic N) is 1. The number of aryl methyl sites for hydroxylation is 2. The summed E-state index contributed by atoms with van der Waals surface area (Å²) in [5.74, 6) is -0.162. The van der Waals surface area contributed by atoms with Gasteiger partial charge in [-0.05, 0) is 62.7 Å². The van der Waals surface area contributed by atoms with E-state index in [0.29, 0.717) is 24.3 Å². The van der Waals surface area contributed by atoms with Crippen LogP contribution in [0.15, 0.2) is 103 Å². The van der Waals surface area contributed by atoms with E-state index in [1.807, 2.05) is 98.8 Å². The molecule has 1 aliphatic heterocycles. The predicted octanol–water partition coefficient (Wildman–Crippen LogP) is 5.92. The topological polar surface area (TPSA) is 85.5 Å². The summed E-state index contributed by atoms with van der Waals surface area (Å²) < 4.78 is 0. The lowest BCUT2D eigenvalue weighted by Crippen LogP contribution is -2.66. The SMILES string of the molecule is Cc1ccc(NC(=O)NC2(NC(=O)Nc3ccc(C)cc3)CN(c3ccccc3)C3=CC=CCC32)cc1. The van der Waals surface area contributed by atoms with E-state index in [1.54, 1.807) is 0 Å². The molecule has 0 spiro atoms. The molecule has 1 heterocycles. The summed E-state index contributed by atoms with van der Waals surface area (Å²) >= 11 is 0. The van der Waals surface area contributed by atoms with Crippen molar-refractivity contribution in [2.45, 2.75) is 25.9 Å². The minimum Gasteiger partial charge on any atom is -0.340 e. The Hall–Kier alpha value is -4.52. The number of fused-ring (bicyclic) bond motifs is 1. The summed E-state index contributed by atoms with van der Waals surface area (Å²) in [7, 11) is 0. The molecule has 1 aliphatic carbocycles. The number of para-hydroxylation sites is 1. The van der Waals surface area contributed by atoms with Crippen LogP contribution in [0.5, 0.6) is 0 Å². The molecule has 0 aromatic heterocycles. The number of allylic oxidation sites excluding steroid dienone is 3.